The van der Waals surface area contributed by atoms with Crippen molar-refractivity contribution in [2.45, 2.75) is 47.3 Å². The Bertz CT molecular complexity index is 389. The molecule has 0 amide bonds. The number of hydrogen-bond acceptors (Lipinski definition) is 3. The van der Waals surface area contributed by atoms with E-state index in [9.17, 15) is 0 Å². The molecule has 0 spiro atoms. The second-order valence-electron chi connectivity index (χ2n) is 5.19. The number of ether oxygens (including phenoxy) is 1. The van der Waals surface area contributed by atoms with Gasteiger partial charge in [-0.05, 0) is 13.3 Å². The Morgan fingerprint density at radius 1 is 1.39 bits per heavy atom. The maximum Gasteiger partial charge on any atom is 0.0900 e. The van der Waals surface area contributed by atoms with Crippen LogP contribution < -0.4 is 0 Å². The molecule has 1 aromatic rings. The zero-order valence-corrected chi connectivity index (χ0v) is 12.4. The van der Waals surface area contributed by atoms with Crippen LogP contribution in [-0.2, 0) is 24.3 Å². The van der Waals surface area contributed by atoms with Crippen molar-refractivity contribution in [2.24, 2.45) is 5.41 Å². The van der Waals surface area contributed by atoms with E-state index >= 15 is 0 Å². The van der Waals surface area contributed by atoms with Gasteiger partial charge in [0.1, 0.15) is 0 Å². The zero-order chi connectivity index (χ0) is 13.8. The third-order valence-electron chi connectivity index (χ3n) is 2.85. The second kappa shape index (κ2) is 6.55. The first-order chi connectivity index (χ1) is 8.45. The molecule has 5 heteroatoms. The molecule has 0 bridgehead atoms. The average molecular weight is 275 g/mol. The van der Waals surface area contributed by atoms with Gasteiger partial charge in [-0.1, -0.05) is 32.4 Å². The summed E-state index contributed by atoms with van der Waals surface area (Å²) in [5.74, 6) is 0. The molecule has 1 N–H and O–H groups in total. The highest BCUT2D eigenvalue weighted by atomic mass is 35.5. The lowest BCUT2D eigenvalue weighted by Crippen LogP contribution is -2.23. The van der Waals surface area contributed by atoms with Gasteiger partial charge in [-0.25, -0.2) is 0 Å². The monoisotopic (exact) mass is 274 g/mol. The molecule has 1 aromatic heterocycles. The molecule has 0 radical (unpaired) electrons. The number of aromatic nitrogens is 2. The Balaban J connectivity index is 2.69. The highest BCUT2D eigenvalue weighted by molar-refractivity contribution is 6.31. The fourth-order valence-electron chi connectivity index (χ4n) is 1.62. The number of aryl methyl sites for hydroxylation is 2. The maximum absolute atomic E-state index is 9.17. The second-order valence-corrected chi connectivity index (χ2v) is 5.57. The third-order valence-corrected chi connectivity index (χ3v) is 3.29. The molecule has 0 saturated carbocycles. The van der Waals surface area contributed by atoms with E-state index in [1.807, 2.05) is 32.4 Å². The third kappa shape index (κ3) is 3.70. The topological polar surface area (TPSA) is 47.3 Å². The number of aliphatic hydroxyl groups is 1. The molecular weight excluding hydrogens is 252 g/mol. The van der Waals surface area contributed by atoms with Crippen molar-refractivity contribution in [1.82, 2.24) is 9.78 Å². The molecule has 18 heavy (non-hydrogen) atoms. The summed E-state index contributed by atoms with van der Waals surface area (Å²) in [5, 5.41) is 14.3. The van der Waals surface area contributed by atoms with Crippen LogP contribution in [0, 0.1) is 5.41 Å². The fourth-order valence-corrected chi connectivity index (χ4v) is 1.95. The van der Waals surface area contributed by atoms with Crippen molar-refractivity contribution < 1.29 is 9.84 Å². The maximum atomic E-state index is 9.17. The van der Waals surface area contributed by atoms with Gasteiger partial charge in [-0.3, -0.25) is 4.68 Å². The van der Waals surface area contributed by atoms with Crippen molar-refractivity contribution in [3.8, 4) is 0 Å². The summed E-state index contributed by atoms with van der Waals surface area (Å²) in [4.78, 5) is 0. The predicted molar refractivity (Wildman–Crippen MR) is 72.8 cm³/mol. The number of halogens is 1. The summed E-state index contributed by atoms with van der Waals surface area (Å²) in [5.41, 5.74) is 1.61. The van der Waals surface area contributed by atoms with E-state index < -0.39 is 0 Å². The Morgan fingerprint density at radius 2 is 2.06 bits per heavy atom. The first-order valence-corrected chi connectivity index (χ1v) is 6.75. The molecular formula is C13H23ClN2O2. The van der Waals surface area contributed by atoms with E-state index in [2.05, 4.69) is 5.10 Å². The van der Waals surface area contributed by atoms with Gasteiger partial charge in [0.05, 0.1) is 36.2 Å². The van der Waals surface area contributed by atoms with E-state index in [1.165, 1.54) is 0 Å². The van der Waals surface area contributed by atoms with Gasteiger partial charge in [0.2, 0.25) is 0 Å². The number of nitrogens with zero attached hydrogens (tertiary/aromatic N) is 2. The van der Waals surface area contributed by atoms with Crippen molar-refractivity contribution in [1.29, 1.82) is 0 Å². The average Bonchev–Trinajstić information content (AvgIpc) is 2.66. The van der Waals surface area contributed by atoms with Crippen LogP contribution in [0.1, 0.15) is 39.1 Å². The molecule has 1 rings (SSSR count). The van der Waals surface area contributed by atoms with E-state index in [0.717, 1.165) is 24.4 Å². The molecule has 0 saturated heterocycles. The molecule has 0 aliphatic carbocycles. The van der Waals surface area contributed by atoms with Crippen LogP contribution in [-0.4, -0.2) is 28.1 Å². The highest BCUT2D eigenvalue weighted by Crippen LogP contribution is 2.23. The summed E-state index contributed by atoms with van der Waals surface area (Å²) in [6.45, 7) is 9.80. The van der Waals surface area contributed by atoms with Crippen LogP contribution >= 0.6 is 11.6 Å². The van der Waals surface area contributed by atoms with Crippen LogP contribution in [0.3, 0.4) is 0 Å². The smallest absolute Gasteiger partial charge is 0.0900 e. The van der Waals surface area contributed by atoms with Gasteiger partial charge in [0.25, 0.3) is 0 Å². The molecule has 0 unspecified atom stereocenters. The Hall–Kier alpha value is -0.580. The van der Waals surface area contributed by atoms with Gasteiger partial charge in [0.15, 0.2) is 0 Å². The molecule has 0 aromatic carbocycles. The van der Waals surface area contributed by atoms with E-state index in [4.69, 9.17) is 21.4 Å². The summed E-state index contributed by atoms with van der Waals surface area (Å²) >= 11 is 6.28. The standard InChI is InChI=1S/C13H23ClN2O2/c1-5-10-12(14)11(16(6-2)15-10)7-18-9-13(3,4)8-17/h17H,5-9H2,1-4H3. The number of rotatable bonds is 7. The Labute approximate surface area is 114 Å². The van der Waals surface area contributed by atoms with Crippen molar-refractivity contribution in [3.63, 3.8) is 0 Å². The van der Waals surface area contributed by atoms with Crippen LogP contribution in [0.25, 0.3) is 0 Å². The van der Waals surface area contributed by atoms with E-state index in [1.54, 1.807) is 0 Å². The van der Waals surface area contributed by atoms with Crippen LogP contribution in [0.4, 0.5) is 0 Å². The molecule has 0 atom stereocenters. The molecule has 1 heterocycles. The highest BCUT2D eigenvalue weighted by Gasteiger charge is 2.19. The Kier molecular flexibility index (Phi) is 5.63. The largest absolute Gasteiger partial charge is 0.396 e. The SMILES string of the molecule is CCc1nn(CC)c(COCC(C)(C)CO)c1Cl. The molecule has 0 aliphatic heterocycles. The molecule has 4 nitrogen and oxygen atoms in total. The number of aliphatic hydroxyl groups excluding tert-OH is 1. The lowest BCUT2D eigenvalue weighted by molar-refractivity contribution is 0.0173. The van der Waals surface area contributed by atoms with Gasteiger partial charge in [-0.15, -0.1) is 0 Å². The fraction of sp³-hybridized carbons (Fsp3) is 0.769. The summed E-state index contributed by atoms with van der Waals surface area (Å²) in [6.07, 6.45) is 0.820. The van der Waals surface area contributed by atoms with Crippen molar-refractivity contribution in [3.05, 3.63) is 16.4 Å². The summed E-state index contributed by atoms with van der Waals surface area (Å²) in [6, 6.07) is 0. The quantitative estimate of drug-likeness (QED) is 0.832. The van der Waals surface area contributed by atoms with Crippen LogP contribution in [0.15, 0.2) is 0 Å². The summed E-state index contributed by atoms with van der Waals surface area (Å²) in [7, 11) is 0. The van der Waals surface area contributed by atoms with Crippen LogP contribution in [0.2, 0.25) is 5.02 Å². The normalized spacial score (nSPS) is 12.1. The first kappa shape index (κ1) is 15.5. The minimum atomic E-state index is -0.225. The summed E-state index contributed by atoms with van der Waals surface area (Å²) < 4.78 is 7.53. The molecule has 0 fully saturated rings. The van der Waals surface area contributed by atoms with Crippen molar-refractivity contribution in [2.75, 3.05) is 13.2 Å². The van der Waals surface area contributed by atoms with Gasteiger partial charge in [-0.2, -0.15) is 5.10 Å². The predicted octanol–water partition coefficient (Wildman–Crippen LogP) is 2.65. The van der Waals surface area contributed by atoms with E-state index in [-0.39, 0.29) is 12.0 Å². The van der Waals surface area contributed by atoms with Crippen molar-refractivity contribution >= 4 is 11.6 Å². The zero-order valence-electron chi connectivity index (χ0n) is 11.7. The van der Waals surface area contributed by atoms with Gasteiger partial charge >= 0.3 is 0 Å². The lowest BCUT2D eigenvalue weighted by atomic mass is 9.97. The molecule has 104 valence electrons. The van der Waals surface area contributed by atoms with Crippen LogP contribution in [0.5, 0.6) is 0 Å². The van der Waals surface area contributed by atoms with Gasteiger partial charge < -0.3 is 9.84 Å². The van der Waals surface area contributed by atoms with Gasteiger partial charge in [0, 0.05) is 12.0 Å². The number of hydrogen-bond donors (Lipinski definition) is 1. The first-order valence-electron chi connectivity index (χ1n) is 6.37. The lowest BCUT2D eigenvalue weighted by Gasteiger charge is -2.21. The molecule has 0 aliphatic rings. The minimum absolute atomic E-state index is 0.105. The Morgan fingerprint density at radius 3 is 2.56 bits per heavy atom. The minimum Gasteiger partial charge on any atom is -0.396 e. The van der Waals surface area contributed by atoms with E-state index in [0.29, 0.717) is 18.2 Å².